The van der Waals surface area contributed by atoms with Crippen LogP contribution in [-0.4, -0.2) is 76.6 Å². The highest BCUT2D eigenvalue weighted by molar-refractivity contribution is 7.91. The average Bonchev–Trinajstić information content (AvgIpc) is 3.47. The minimum Gasteiger partial charge on any atom is -0.336 e. The Morgan fingerprint density at radius 1 is 0.974 bits per heavy atom. The summed E-state index contributed by atoms with van der Waals surface area (Å²) in [6.07, 6.45) is 0.502. The third kappa shape index (κ3) is 5.21. The van der Waals surface area contributed by atoms with Gasteiger partial charge in [0.1, 0.15) is 0 Å². The van der Waals surface area contributed by atoms with Crippen LogP contribution in [0, 0.1) is 13.8 Å². The molecule has 202 valence electrons. The number of fused-ring (bicyclic) bond motifs is 1. The van der Waals surface area contributed by atoms with Gasteiger partial charge in [0.05, 0.1) is 39.9 Å². The number of sulfone groups is 1. The first-order chi connectivity index (χ1) is 18.8. The highest BCUT2D eigenvalue weighted by atomic mass is 32.2. The van der Waals surface area contributed by atoms with Crippen molar-refractivity contribution < 1.29 is 13.2 Å². The molecule has 0 bridgehead atoms. The average molecular weight is 544 g/mol. The van der Waals surface area contributed by atoms with Gasteiger partial charge in [-0.1, -0.05) is 60.2 Å². The van der Waals surface area contributed by atoms with Crippen LogP contribution in [0.4, 0.5) is 0 Å². The number of carbonyl (C=O) groups excluding carboxylic acids is 1. The van der Waals surface area contributed by atoms with E-state index in [0.29, 0.717) is 47.5 Å². The summed E-state index contributed by atoms with van der Waals surface area (Å²) in [5.41, 5.74) is 5.87. The molecule has 2 aliphatic rings. The zero-order valence-corrected chi connectivity index (χ0v) is 23.2. The van der Waals surface area contributed by atoms with E-state index in [4.69, 9.17) is 10.1 Å². The van der Waals surface area contributed by atoms with Gasteiger partial charge in [-0.3, -0.25) is 9.69 Å². The van der Waals surface area contributed by atoms with E-state index in [1.165, 1.54) is 5.56 Å². The standard InChI is InChI=1S/C30H33N5O3S/c1-21-8-10-24(11-9-21)27-18-26(28-22(2)32-35(29(28)31-27)25-12-17-39(37,38)20-25)30(36)34-15-13-33(14-16-34)19-23-6-4-3-5-7-23/h3-11,18,25H,12-17,19-20H2,1-2H3. The Bertz CT molecular complexity index is 1620. The van der Waals surface area contributed by atoms with Gasteiger partial charge in [-0.15, -0.1) is 0 Å². The van der Waals surface area contributed by atoms with Crippen molar-refractivity contribution >= 4 is 26.8 Å². The summed E-state index contributed by atoms with van der Waals surface area (Å²) in [5.74, 6) is 0.165. The Balaban J connectivity index is 1.35. The first kappa shape index (κ1) is 25.7. The number of rotatable bonds is 5. The molecule has 0 spiro atoms. The van der Waals surface area contributed by atoms with E-state index in [1.54, 1.807) is 4.68 Å². The number of aromatic nitrogens is 3. The molecule has 9 heteroatoms. The van der Waals surface area contributed by atoms with Gasteiger partial charge in [-0.05, 0) is 31.9 Å². The quantitative estimate of drug-likeness (QED) is 0.378. The van der Waals surface area contributed by atoms with E-state index in [1.807, 2.05) is 55.1 Å². The molecule has 0 N–H and O–H groups in total. The number of carbonyl (C=O) groups is 1. The van der Waals surface area contributed by atoms with Crippen molar-refractivity contribution in [1.29, 1.82) is 0 Å². The van der Waals surface area contributed by atoms with Crippen molar-refractivity contribution in [3.8, 4) is 11.3 Å². The number of amides is 1. The molecule has 1 amide bonds. The number of piperazine rings is 1. The van der Waals surface area contributed by atoms with E-state index in [0.717, 1.165) is 30.8 Å². The molecular formula is C30H33N5O3S. The predicted molar refractivity (Wildman–Crippen MR) is 152 cm³/mol. The normalized spacial score (nSPS) is 19.5. The summed E-state index contributed by atoms with van der Waals surface area (Å²) in [6, 6.07) is 20.1. The summed E-state index contributed by atoms with van der Waals surface area (Å²) < 4.78 is 26.3. The number of benzene rings is 2. The molecule has 0 aliphatic carbocycles. The molecule has 2 aromatic heterocycles. The first-order valence-corrected chi connectivity index (χ1v) is 15.3. The predicted octanol–water partition coefficient (Wildman–Crippen LogP) is 4.03. The van der Waals surface area contributed by atoms with Crippen LogP contribution in [0.2, 0.25) is 0 Å². The van der Waals surface area contributed by atoms with Crippen LogP contribution in [-0.2, 0) is 16.4 Å². The molecule has 8 nitrogen and oxygen atoms in total. The zero-order valence-electron chi connectivity index (χ0n) is 22.4. The van der Waals surface area contributed by atoms with Crippen molar-refractivity contribution in [2.75, 3.05) is 37.7 Å². The van der Waals surface area contributed by atoms with Crippen molar-refractivity contribution in [2.24, 2.45) is 0 Å². The Labute approximate surface area is 229 Å². The molecule has 2 aromatic carbocycles. The number of hydrogen-bond acceptors (Lipinski definition) is 6. The fraction of sp³-hybridized carbons (Fsp3) is 0.367. The van der Waals surface area contributed by atoms with Crippen molar-refractivity contribution in [3.63, 3.8) is 0 Å². The second-order valence-corrected chi connectivity index (χ2v) is 13.0. The molecular weight excluding hydrogens is 510 g/mol. The van der Waals surface area contributed by atoms with Crippen molar-refractivity contribution in [2.45, 2.75) is 32.9 Å². The Kier molecular flexibility index (Phi) is 6.72. The monoisotopic (exact) mass is 543 g/mol. The van der Waals surface area contributed by atoms with E-state index in [2.05, 4.69) is 29.2 Å². The molecule has 0 radical (unpaired) electrons. The largest absolute Gasteiger partial charge is 0.336 e. The molecule has 1 atom stereocenters. The lowest BCUT2D eigenvalue weighted by atomic mass is 10.0. The maximum absolute atomic E-state index is 14.0. The lowest BCUT2D eigenvalue weighted by Crippen LogP contribution is -2.48. The number of nitrogens with zero attached hydrogens (tertiary/aromatic N) is 5. The second-order valence-electron chi connectivity index (χ2n) is 10.8. The summed E-state index contributed by atoms with van der Waals surface area (Å²) in [5, 5.41) is 5.46. The lowest BCUT2D eigenvalue weighted by Gasteiger charge is -2.35. The van der Waals surface area contributed by atoms with Gasteiger partial charge in [0.2, 0.25) is 0 Å². The van der Waals surface area contributed by atoms with Gasteiger partial charge in [0, 0.05) is 38.3 Å². The van der Waals surface area contributed by atoms with Crippen LogP contribution in [0.1, 0.15) is 39.6 Å². The minimum absolute atomic E-state index is 0.0307. The van der Waals surface area contributed by atoms with Crippen LogP contribution in [0.25, 0.3) is 22.3 Å². The molecule has 2 aliphatic heterocycles. The van der Waals surface area contributed by atoms with E-state index in [9.17, 15) is 13.2 Å². The molecule has 2 fully saturated rings. The molecule has 39 heavy (non-hydrogen) atoms. The number of hydrogen-bond donors (Lipinski definition) is 0. The maximum Gasteiger partial charge on any atom is 0.254 e. The fourth-order valence-corrected chi connectivity index (χ4v) is 7.39. The Hall–Kier alpha value is -3.56. The summed E-state index contributed by atoms with van der Waals surface area (Å²) in [7, 11) is -3.11. The first-order valence-electron chi connectivity index (χ1n) is 13.5. The fourth-order valence-electron chi connectivity index (χ4n) is 5.70. The summed E-state index contributed by atoms with van der Waals surface area (Å²) in [4.78, 5) is 23.3. The summed E-state index contributed by atoms with van der Waals surface area (Å²) in [6.45, 7) is 7.68. The van der Waals surface area contributed by atoms with Crippen molar-refractivity contribution in [1.82, 2.24) is 24.6 Å². The molecule has 4 heterocycles. The van der Waals surface area contributed by atoms with Gasteiger partial charge in [0.25, 0.3) is 5.91 Å². The van der Waals surface area contributed by atoms with Crippen LogP contribution < -0.4 is 0 Å². The SMILES string of the molecule is Cc1ccc(-c2cc(C(=O)N3CCN(Cc4ccccc4)CC3)c3c(C)nn(C4CCS(=O)(=O)C4)c3n2)cc1. The number of pyridine rings is 1. The topological polar surface area (TPSA) is 88.4 Å². The Morgan fingerprint density at radius 2 is 1.69 bits per heavy atom. The van der Waals surface area contributed by atoms with Crippen LogP contribution in [0.15, 0.2) is 60.7 Å². The third-order valence-corrected chi connectivity index (χ3v) is 9.63. The van der Waals surface area contributed by atoms with Gasteiger partial charge < -0.3 is 4.90 Å². The number of aryl methyl sites for hydroxylation is 2. The van der Waals surface area contributed by atoms with Crippen molar-refractivity contribution in [3.05, 3.63) is 83.0 Å². The molecule has 0 saturated carbocycles. The van der Waals surface area contributed by atoms with Crippen LogP contribution >= 0.6 is 0 Å². The highest BCUT2D eigenvalue weighted by Gasteiger charge is 2.33. The molecule has 1 unspecified atom stereocenters. The smallest absolute Gasteiger partial charge is 0.254 e. The second kappa shape index (κ2) is 10.2. The van der Waals surface area contributed by atoms with Crippen LogP contribution in [0.3, 0.4) is 0 Å². The van der Waals surface area contributed by atoms with Crippen LogP contribution in [0.5, 0.6) is 0 Å². The van der Waals surface area contributed by atoms with E-state index >= 15 is 0 Å². The van der Waals surface area contributed by atoms with E-state index in [-0.39, 0.29) is 23.5 Å². The van der Waals surface area contributed by atoms with Gasteiger partial charge in [0.15, 0.2) is 15.5 Å². The lowest BCUT2D eigenvalue weighted by molar-refractivity contribution is 0.0630. The van der Waals surface area contributed by atoms with E-state index < -0.39 is 9.84 Å². The Morgan fingerprint density at radius 3 is 2.36 bits per heavy atom. The van der Waals surface area contributed by atoms with Gasteiger partial charge in [-0.2, -0.15) is 5.10 Å². The van der Waals surface area contributed by atoms with Gasteiger partial charge in [-0.25, -0.2) is 18.1 Å². The zero-order chi connectivity index (χ0) is 27.1. The highest BCUT2D eigenvalue weighted by Crippen LogP contribution is 2.33. The summed E-state index contributed by atoms with van der Waals surface area (Å²) >= 11 is 0. The van der Waals surface area contributed by atoms with Gasteiger partial charge >= 0.3 is 0 Å². The third-order valence-electron chi connectivity index (χ3n) is 7.88. The minimum atomic E-state index is -3.11. The molecule has 2 saturated heterocycles. The molecule has 6 rings (SSSR count). The maximum atomic E-state index is 14.0. The molecule has 4 aromatic rings.